The Hall–Kier alpha value is -3.23. The Morgan fingerprint density at radius 1 is 1.30 bits per heavy atom. The number of phenols is 1. The molecule has 2 rings (SSSR count). The predicted molar refractivity (Wildman–Crippen MR) is 84.0 cm³/mol. The molecular weight excluding hydrogens is 302 g/mol. The Morgan fingerprint density at radius 2 is 1.96 bits per heavy atom. The van der Waals surface area contributed by atoms with Crippen LogP contribution in [0.2, 0.25) is 0 Å². The number of nitrogens with zero attached hydrogens (tertiary/aromatic N) is 4. The summed E-state index contributed by atoms with van der Waals surface area (Å²) in [6.45, 7) is 3.64. The van der Waals surface area contributed by atoms with Gasteiger partial charge >= 0.3 is 0 Å². The number of methoxy groups -OCH3 is 1. The number of aryl methyl sites for hydroxylation is 2. The maximum Gasteiger partial charge on any atom is 0.274 e. The Morgan fingerprint density at radius 3 is 2.52 bits per heavy atom. The number of nitro groups is 1. The third kappa shape index (κ3) is 3.90. The zero-order valence-electron chi connectivity index (χ0n) is 12.8. The zero-order valence-corrected chi connectivity index (χ0v) is 12.8. The van der Waals surface area contributed by atoms with Crippen molar-refractivity contribution in [2.24, 2.45) is 5.10 Å². The van der Waals surface area contributed by atoms with Crippen LogP contribution in [0.4, 0.5) is 11.6 Å². The van der Waals surface area contributed by atoms with Crippen LogP contribution in [0.3, 0.4) is 0 Å². The molecule has 1 aromatic carbocycles. The second-order valence-corrected chi connectivity index (χ2v) is 4.69. The topological polar surface area (TPSA) is 123 Å². The number of anilines is 1. The predicted octanol–water partition coefficient (Wildman–Crippen LogP) is 2.16. The molecule has 9 heteroatoms. The minimum atomic E-state index is -0.584. The number of non-ortho nitro benzene ring substituents is 1. The van der Waals surface area contributed by atoms with E-state index in [1.807, 2.05) is 19.9 Å². The molecule has 0 atom stereocenters. The Bertz CT molecular complexity index is 756. The van der Waals surface area contributed by atoms with Gasteiger partial charge in [-0.05, 0) is 19.9 Å². The third-order valence-corrected chi connectivity index (χ3v) is 2.87. The summed E-state index contributed by atoms with van der Waals surface area (Å²) >= 11 is 0. The SMILES string of the molecule is COc1cc([N+](=O)[O-])cc(/C=N/Nc2nc(C)cc(C)n2)c1O. The number of phenolic OH excluding ortho intramolecular Hbond substituents is 1. The summed E-state index contributed by atoms with van der Waals surface area (Å²) in [6.07, 6.45) is 1.23. The highest BCUT2D eigenvalue weighted by atomic mass is 16.6. The first-order valence-electron chi connectivity index (χ1n) is 6.57. The molecule has 1 aromatic heterocycles. The monoisotopic (exact) mass is 317 g/mol. The number of hydrazone groups is 1. The summed E-state index contributed by atoms with van der Waals surface area (Å²) in [6, 6.07) is 4.13. The second-order valence-electron chi connectivity index (χ2n) is 4.69. The third-order valence-electron chi connectivity index (χ3n) is 2.87. The largest absolute Gasteiger partial charge is 0.504 e. The fourth-order valence-corrected chi connectivity index (χ4v) is 1.91. The van der Waals surface area contributed by atoms with Gasteiger partial charge in [0, 0.05) is 23.0 Å². The molecule has 0 aliphatic rings. The van der Waals surface area contributed by atoms with E-state index in [-0.39, 0.29) is 28.7 Å². The first-order chi connectivity index (χ1) is 10.9. The van der Waals surface area contributed by atoms with E-state index >= 15 is 0 Å². The van der Waals surface area contributed by atoms with Crippen LogP contribution >= 0.6 is 0 Å². The van der Waals surface area contributed by atoms with Crippen molar-refractivity contribution in [2.75, 3.05) is 12.5 Å². The van der Waals surface area contributed by atoms with Gasteiger partial charge in [-0.2, -0.15) is 5.10 Å². The molecular formula is C14H15N5O4. The summed E-state index contributed by atoms with van der Waals surface area (Å²) in [5.74, 6) is 0.0314. The van der Waals surface area contributed by atoms with E-state index in [1.165, 1.54) is 19.4 Å². The molecule has 1 heterocycles. The number of rotatable bonds is 5. The molecule has 9 nitrogen and oxygen atoms in total. The molecule has 2 N–H and O–H groups in total. The van der Waals surface area contributed by atoms with E-state index < -0.39 is 4.92 Å². The molecule has 0 bridgehead atoms. The van der Waals surface area contributed by atoms with Crippen molar-refractivity contribution in [3.63, 3.8) is 0 Å². The average molecular weight is 317 g/mol. The minimum absolute atomic E-state index is 0.0108. The van der Waals surface area contributed by atoms with Gasteiger partial charge in [-0.1, -0.05) is 0 Å². The van der Waals surface area contributed by atoms with Gasteiger partial charge in [-0.3, -0.25) is 10.1 Å². The van der Waals surface area contributed by atoms with E-state index in [0.717, 1.165) is 17.5 Å². The van der Waals surface area contributed by atoms with E-state index in [9.17, 15) is 15.2 Å². The number of hydrogen-bond acceptors (Lipinski definition) is 8. The average Bonchev–Trinajstić information content (AvgIpc) is 2.47. The van der Waals surface area contributed by atoms with Crippen LogP contribution in [0.5, 0.6) is 11.5 Å². The van der Waals surface area contributed by atoms with Crippen LogP contribution < -0.4 is 10.2 Å². The summed E-state index contributed by atoms with van der Waals surface area (Å²) in [5, 5.41) is 24.8. The highest BCUT2D eigenvalue weighted by molar-refractivity contribution is 5.86. The lowest BCUT2D eigenvalue weighted by molar-refractivity contribution is -0.385. The van der Waals surface area contributed by atoms with Crippen LogP contribution in [0, 0.1) is 24.0 Å². The molecule has 120 valence electrons. The van der Waals surface area contributed by atoms with Crippen molar-refractivity contribution in [1.82, 2.24) is 9.97 Å². The number of benzene rings is 1. The first-order valence-corrected chi connectivity index (χ1v) is 6.57. The van der Waals surface area contributed by atoms with Crippen LogP contribution in [-0.4, -0.2) is 33.3 Å². The van der Waals surface area contributed by atoms with Crippen LogP contribution in [0.1, 0.15) is 17.0 Å². The number of aromatic hydroxyl groups is 1. The smallest absolute Gasteiger partial charge is 0.274 e. The number of ether oxygens (including phenoxy) is 1. The van der Waals surface area contributed by atoms with Gasteiger partial charge in [-0.15, -0.1) is 0 Å². The van der Waals surface area contributed by atoms with E-state index in [1.54, 1.807) is 0 Å². The standard InChI is InChI=1S/C14H15N5O4/c1-8-4-9(2)17-14(16-8)18-15-7-10-5-11(19(21)22)6-12(23-3)13(10)20/h4-7,20H,1-3H3,(H,16,17,18)/b15-7+. The summed E-state index contributed by atoms with van der Waals surface area (Å²) in [7, 11) is 1.31. The first kappa shape index (κ1) is 16.1. The van der Waals surface area contributed by atoms with Gasteiger partial charge in [-0.25, -0.2) is 15.4 Å². The number of aromatic nitrogens is 2. The van der Waals surface area contributed by atoms with Gasteiger partial charge in [0.15, 0.2) is 11.5 Å². The van der Waals surface area contributed by atoms with E-state index in [4.69, 9.17) is 4.74 Å². The van der Waals surface area contributed by atoms with Gasteiger partial charge in [0.05, 0.1) is 24.3 Å². The quantitative estimate of drug-likeness (QED) is 0.492. The fraction of sp³-hybridized carbons (Fsp3) is 0.214. The molecule has 0 radical (unpaired) electrons. The van der Waals surface area contributed by atoms with E-state index in [0.29, 0.717) is 0 Å². The van der Waals surface area contributed by atoms with Crippen LogP contribution in [-0.2, 0) is 0 Å². The van der Waals surface area contributed by atoms with Gasteiger partial charge in [0.25, 0.3) is 5.69 Å². The molecule has 0 fully saturated rings. The molecule has 2 aromatic rings. The lowest BCUT2D eigenvalue weighted by Crippen LogP contribution is -2.00. The second kappa shape index (κ2) is 6.69. The highest BCUT2D eigenvalue weighted by Gasteiger charge is 2.15. The van der Waals surface area contributed by atoms with Gasteiger partial charge in [0.2, 0.25) is 5.95 Å². The molecule has 0 unspecified atom stereocenters. The Balaban J connectivity index is 2.28. The van der Waals surface area contributed by atoms with Crippen LogP contribution in [0.25, 0.3) is 0 Å². The maximum absolute atomic E-state index is 10.9. The fourth-order valence-electron chi connectivity index (χ4n) is 1.91. The molecule has 0 amide bonds. The summed E-state index contributed by atoms with van der Waals surface area (Å²) in [4.78, 5) is 18.6. The lowest BCUT2D eigenvalue weighted by atomic mass is 10.2. The van der Waals surface area contributed by atoms with Gasteiger partial charge in [0.1, 0.15) is 0 Å². The highest BCUT2D eigenvalue weighted by Crippen LogP contribution is 2.33. The molecule has 23 heavy (non-hydrogen) atoms. The van der Waals surface area contributed by atoms with Crippen molar-refractivity contribution in [3.8, 4) is 11.5 Å². The Labute approximate surface area is 131 Å². The van der Waals surface area contributed by atoms with E-state index in [2.05, 4.69) is 20.5 Å². The summed E-state index contributed by atoms with van der Waals surface area (Å²) < 4.78 is 4.91. The van der Waals surface area contributed by atoms with Crippen molar-refractivity contribution < 1.29 is 14.8 Å². The van der Waals surface area contributed by atoms with Crippen molar-refractivity contribution in [1.29, 1.82) is 0 Å². The number of hydrogen-bond donors (Lipinski definition) is 2. The molecule has 0 aliphatic heterocycles. The summed E-state index contributed by atoms with van der Waals surface area (Å²) in [5.41, 5.74) is 4.07. The number of nitro benzene ring substituents is 1. The molecule has 0 saturated heterocycles. The molecule has 0 aliphatic carbocycles. The zero-order chi connectivity index (χ0) is 17.0. The van der Waals surface area contributed by atoms with Gasteiger partial charge < -0.3 is 9.84 Å². The van der Waals surface area contributed by atoms with Crippen LogP contribution in [0.15, 0.2) is 23.3 Å². The maximum atomic E-state index is 10.9. The Kier molecular flexibility index (Phi) is 4.69. The number of nitrogens with one attached hydrogen (secondary N) is 1. The van der Waals surface area contributed by atoms with Crippen molar-refractivity contribution >= 4 is 17.9 Å². The minimum Gasteiger partial charge on any atom is -0.504 e. The molecule has 0 saturated carbocycles. The van der Waals surface area contributed by atoms with Crippen molar-refractivity contribution in [3.05, 3.63) is 45.3 Å². The normalized spacial score (nSPS) is 10.7. The molecule has 0 spiro atoms. The van der Waals surface area contributed by atoms with Crippen molar-refractivity contribution in [2.45, 2.75) is 13.8 Å². The lowest BCUT2D eigenvalue weighted by Gasteiger charge is -2.06.